The molecule has 0 bridgehead atoms. The Balaban J connectivity index is 2.31. The highest BCUT2D eigenvalue weighted by molar-refractivity contribution is 5.89. The Bertz CT molecular complexity index is 563. The number of nitrogens with one attached hydrogen (secondary N) is 1. The number of aryl methyl sites for hydroxylation is 1. The predicted molar refractivity (Wildman–Crippen MR) is 61.2 cm³/mol. The van der Waals surface area contributed by atoms with Crippen molar-refractivity contribution < 1.29 is 14.6 Å². The maximum Gasteiger partial charge on any atom is 0.335 e. The zero-order valence-electron chi connectivity index (χ0n) is 9.10. The van der Waals surface area contributed by atoms with Crippen LogP contribution in [0, 0.1) is 6.92 Å². The summed E-state index contributed by atoms with van der Waals surface area (Å²) in [6.45, 7) is 1.83. The van der Waals surface area contributed by atoms with Crippen molar-refractivity contribution in [2.45, 2.75) is 6.92 Å². The highest BCUT2D eigenvalue weighted by atomic mass is 16.5. The molecule has 0 fully saturated rings. The summed E-state index contributed by atoms with van der Waals surface area (Å²) in [7, 11) is 0. The molecule has 0 aliphatic rings. The number of carbonyl (C=O) groups is 1. The van der Waals surface area contributed by atoms with Crippen molar-refractivity contribution in [3.05, 3.63) is 35.5 Å². The fourth-order valence-electron chi connectivity index (χ4n) is 1.31. The quantitative estimate of drug-likeness (QED) is 0.701. The number of aromatic amines is 1. The van der Waals surface area contributed by atoms with Gasteiger partial charge in [0.1, 0.15) is 0 Å². The molecule has 0 unspecified atom stereocenters. The lowest BCUT2D eigenvalue weighted by Crippen LogP contribution is -1.99. The molecule has 6 nitrogen and oxygen atoms in total. The lowest BCUT2D eigenvalue weighted by molar-refractivity contribution is 0.0696. The number of carboxylic acids is 1. The molecule has 0 aliphatic heterocycles. The molecule has 1 aromatic heterocycles. The second kappa shape index (κ2) is 4.17. The van der Waals surface area contributed by atoms with E-state index >= 15 is 0 Å². The third-order valence-electron chi connectivity index (χ3n) is 2.16. The Morgan fingerprint density at radius 2 is 2.24 bits per heavy atom. The fourth-order valence-corrected chi connectivity index (χ4v) is 1.31. The molecule has 2 aromatic rings. The molecule has 0 amide bonds. The van der Waals surface area contributed by atoms with Crippen LogP contribution in [0.15, 0.2) is 24.3 Å². The standard InChI is InChI=1S/C11H11N3O3/c1-6-4-10(14-13-6)17-9-5-7(11(15)16)2-3-8(9)12/h2-5H,12H2,1H3,(H,13,14)(H,15,16). The minimum Gasteiger partial charge on any atom is -0.478 e. The monoisotopic (exact) mass is 233 g/mol. The minimum absolute atomic E-state index is 0.112. The topological polar surface area (TPSA) is 101 Å². The summed E-state index contributed by atoms with van der Waals surface area (Å²) in [5, 5.41) is 15.4. The van der Waals surface area contributed by atoms with Gasteiger partial charge in [-0.1, -0.05) is 0 Å². The van der Waals surface area contributed by atoms with Crippen molar-refractivity contribution in [3.63, 3.8) is 0 Å². The first-order valence-corrected chi connectivity index (χ1v) is 4.89. The Kier molecular flexibility index (Phi) is 2.70. The summed E-state index contributed by atoms with van der Waals surface area (Å²) >= 11 is 0. The molecule has 6 heteroatoms. The second-order valence-corrected chi connectivity index (χ2v) is 3.55. The van der Waals surface area contributed by atoms with Crippen molar-refractivity contribution in [1.29, 1.82) is 0 Å². The number of benzene rings is 1. The first-order chi connectivity index (χ1) is 8.06. The van der Waals surface area contributed by atoms with Crippen LogP contribution in [-0.4, -0.2) is 21.3 Å². The molecule has 0 atom stereocenters. The van der Waals surface area contributed by atoms with Gasteiger partial charge in [-0.2, -0.15) is 0 Å². The number of carboxylic acid groups (broad SMARTS) is 1. The summed E-state index contributed by atoms with van der Waals surface area (Å²) in [6.07, 6.45) is 0. The Morgan fingerprint density at radius 3 is 2.82 bits per heavy atom. The lowest BCUT2D eigenvalue weighted by atomic mass is 10.2. The van der Waals surface area contributed by atoms with E-state index in [0.29, 0.717) is 11.6 Å². The van der Waals surface area contributed by atoms with Gasteiger partial charge in [-0.15, -0.1) is 5.10 Å². The van der Waals surface area contributed by atoms with Gasteiger partial charge in [0.25, 0.3) is 0 Å². The molecule has 1 heterocycles. The van der Waals surface area contributed by atoms with Crippen molar-refractivity contribution in [1.82, 2.24) is 10.2 Å². The number of aromatic carboxylic acids is 1. The number of nitrogens with two attached hydrogens (primary N) is 1. The number of nitrogen functional groups attached to an aromatic ring is 1. The van der Waals surface area contributed by atoms with E-state index < -0.39 is 5.97 Å². The Labute approximate surface area is 97.0 Å². The molecule has 0 radical (unpaired) electrons. The third-order valence-corrected chi connectivity index (χ3v) is 2.16. The molecule has 2 rings (SSSR count). The first kappa shape index (κ1) is 11.0. The normalized spacial score (nSPS) is 10.2. The van der Waals surface area contributed by atoms with E-state index in [9.17, 15) is 4.79 Å². The lowest BCUT2D eigenvalue weighted by Gasteiger charge is -2.06. The number of ether oxygens (including phenoxy) is 1. The molecule has 88 valence electrons. The highest BCUT2D eigenvalue weighted by Crippen LogP contribution is 2.27. The molecular weight excluding hydrogens is 222 g/mol. The Morgan fingerprint density at radius 1 is 1.47 bits per heavy atom. The van der Waals surface area contributed by atoms with Gasteiger partial charge >= 0.3 is 5.97 Å². The van der Waals surface area contributed by atoms with Crippen LogP contribution in [0.5, 0.6) is 11.6 Å². The zero-order chi connectivity index (χ0) is 12.4. The summed E-state index contributed by atoms with van der Waals surface area (Å²) < 4.78 is 5.39. The number of aromatic nitrogens is 2. The molecule has 17 heavy (non-hydrogen) atoms. The van der Waals surface area contributed by atoms with Gasteiger partial charge in [0.2, 0.25) is 5.88 Å². The van der Waals surface area contributed by atoms with Gasteiger partial charge < -0.3 is 15.6 Å². The van der Waals surface area contributed by atoms with E-state index in [4.69, 9.17) is 15.6 Å². The SMILES string of the molecule is Cc1cc(Oc2cc(C(=O)O)ccc2N)n[nH]1. The van der Waals surface area contributed by atoms with E-state index in [0.717, 1.165) is 5.69 Å². The van der Waals surface area contributed by atoms with Crippen LogP contribution in [0.3, 0.4) is 0 Å². The van der Waals surface area contributed by atoms with E-state index in [2.05, 4.69) is 10.2 Å². The molecular formula is C11H11N3O3. The minimum atomic E-state index is -1.03. The summed E-state index contributed by atoms with van der Waals surface area (Å²) in [6, 6.07) is 5.95. The van der Waals surface area contributed by atoms with Crippen LogP contribution < -0.4 is 10.5 Å². The maximum atomic E-state index is 10.8. The van der Waals surface area contributed by atoms with Gasteiger partial charge in [0, 0.05) is 11.8 Å². The number of nitrogens with zero attached hydrogens (tertiary/aromatic N) is 1. The average molecular weight is 233 g/mol. The van der Waals surface area contributed by atoms with Gasteiger partial charge in [0.05, 0.1) is 11.3 Å². The van der Waals surface area contributed by atoms with E-state index in [1.54, 1.807) is 6.07 Å². The van der Waals surface area contributed by atoms with Crippen LogP contribution >= 0.6 is 0 Å². The summed E-state index contributed by atoms with van der Waals surface area (Å²) in [5.74, 6) is -0.416. The number of H-pyrrole nitrogens is 1. The Hall–Kier alpha value is -2.50. The fraction of sp³-hybridized carbons (Fsp3) is 0.0909. The smallest absolute Gasteiger partial charge is 0.335 e. The maximum absolute atomic E-state index is 10.8. The van der Waals surface area contributed by atoms with E-state index in [-0.39, 0.29) is 11.3 Å². The van der Waals surface area contributed by atoms with Crippen LogP contribution in [0.25, 0.3) is 0 Å². The van der Waals surface area contributed by atoms with Crippen LogP contribution in [0.1, 0.15) is 16.1 Å². The number of hydrogen-bond acceptors (Lipinski definition) is 4. The van der Waals surface area contributed by atoms with Crippen LogP contribution in [0.2, 0.25) is 0 Å². The summed E-state index contributed by atoms with van der Waals surface area (Å²) in [4.78, 5) is 10.8. The third kappa shape index (κ3) is 2.36. The second-order valence-electron chi connectivity index (χ2n) is 3.55. The van der Waals surface area contributed by atoms with Crippen molar-refractivity contribution in [3.8, 4) is 11.6 Å². The van der Waals surface area contributed by atoms with Crippen LogP contribution in [0.4, 0.5) is 5.69 Å². The molecule has 0 spiro atoms. The molecule has 0 saturated heterocycles. The van der Waals surface area contributed by atoms with E-state index in [1.807, 2.05) is 6.92 Å². The molecule has 0 aliphatic carbocycles. The summed E-state index contributed by atoms with van der Waals surface area (Å²) in [5.41, 5.74) is 7.00. The number of anilines is 1. The predicted octanol–water partition coefficient (Wildman–Crippen LogP) is 1.79. The van der Waals surface area contributed by atoms with Crippen molar-refractivity contribution in [2.75, 3.05) is 5.73 Å². The molecule has 0 saturated carbocycles. The molecule has 4 N–H and O–H groups in total. The highest BCUT2D eigenvalue weighted by Gasteiger charge is 2.09. The van der Waals surface area contributed by atoms with E-state index in [1.165, 1.54) is 18.2 Å². The first-order valence-electron chi connectivity index (χ1n) is 4.89. The molecule has 1 aromatic carbocycles. The van der Waals surface area contributed by atoms with Gasteiger partial charge in [-0.25, -0.2) is 4.79 Å². The number of rotatable bonds is 3. The number of hydrogen-bond donors (Lipinski definition) is 3. The van der Waals surface area contributed by atoms with Crippen LogP contribution in [-0.2, 0) is 0 Å². The average Bonchev–Trinajstić information content (AvgIpc) is 2.67. The van der Waals surface area contributed by atoms with Crippen molar-refractivity contribution >= 4 is 11.7 Å². The van der Waals surface area contributed by atoms with Gasteiger partial charge in [-0.05, 0) is 25.1 Å². The van der Waals surface area contributed by atoms with Gasteiger partial charge in [-0.3, -0.25) is 5.10 Å². The zero-order valence-corrected chi connectivity index (χ0v) is 9.10. The van der Waals surface area contributed by atoms with Gasteiger partial charge in [0.15, 0.2) is 5.75 Å². The largest absolute Gasteiger partial charge is 0.478 e. The van der Waals surface area contributed by atoms with Crippen molar-refractivity contribution in [2.24, 2.45) is 0 Å².